The zero-order chi connectivity index (χ0) is 24.0. The summed E-state index contributed by atoms with van der Waals surface area (Å²) in [4.78, 5) is 6.91. The number of phenolic OH excluding ortho intramolecular Hbond substituents is 1. The van der Waals surface area contributed by atoms with E-state index in [0.717, 1.165) is 28.5 Å². The van der Waals surface area contributed by atoms with Crippen molar-refractivity contribution in [1.82, 2.24) is 14.9 Å². The van der Waals surface area contributed by atoms with Gasteiger partial charge in [0.05, 0.1) is 17.8 Å². The zero-order valence-electron chi connectivity index (χ0n) is 19.8. The van der Waals surface area contributed by atoms with E-state index in [9.17, 15) is 5.11 Å². The van der Waals surface area contributed by atoms with E-state index in [1.165, 1.54) is 16.7 Å². The van der Waals surface area contributed by atoms with Crippen molar-refractivity contribution in [3.63, 3.8) is 0 Å². The first-order chi connectivity index (χ1) is 16.3. The van der Waals surface area contributed by atoms with Gasteiger partial charge in [0.2, 0.25) is 0 Å². The van der Waals surface area contributed by atoms with Crippen LogP contribution in [0.2, 0.25) is 0 Å². The van der Waals surface area contributed by atoms with Crippen molar-refractivity contribution in [3.05, 3.63) is 107 Å². The van der Waals surface area contributed by atoms with Gasteiger partial charge in [-0.1, -0.05) is 12.1 Å². The standard InChI is InChI=1S/C28H28N4OS/c1-17-13-18(2)15-22(14-17)32-27(26(30-28(32)34)25-7-5-6-12-29-25)24-16-19(3)31(20(24)4)21-8-10-23(33)11-9-21/h5-16,26-27,33H,1-4H3,(H,30,34). The predicted molar refractivity (Wildman–Crippen MR) is 141 cm³/mol. The highest BCUT2D eigenvalue weighted by Gasteiger charge is 2.42. The topological polar surface area (TPSA) is 53.3 Å². The molecule has 0 amide bonds. The molecule has 2 N–H and O–H groups in total. The van der Waals surface area contributed by atoms with E-state index in [1.54, 1.807) is 12.1 Å². The zero-order valence-corrected chi connectivity index (χ0v) is 20.6. The third-order valence-corrected chi connectivity index (χ3v) is 6.79. The molecule has 5 nitrogen and oxygen atoms in total. The summed E-state index contributed by atoms with van der Waals surface area (Å²) in [5.74, 6) is 0.257. The lowest BCUT2D eigenvalue weighted by molar-refractivity contribution is 0.475. The molecule has 2 atom stereocenters. The molecule has 0 bridgehead atoms. The molecule has 2 unspecified atom stereocenters. The number of nitrogens with one attached hydrogen (secondary N) is 1. The molecular weight excluding hydrogens is 440 g/mol. The second-order valence-corrected chi connectivity index (χ2v) is 9.41. The van der Waals surface area contributed by atoms with E-state index < -0.39 is 0 Å². The molecule has 1 saturated heterocycles. The third-order valence-electron chi connectivity index (χ3n) is 6.48. The maximum atomic E-state index is 9.77. The minimum atomic E-state index is -0.0942. The molecule has 0 spiro atoms. The molecule has 0 radical (unpaired) electrons. The van der Waals surface area contributed by atoms with Gasteiger partial charge in [-0.05, 0) is 111 Å². The van der Waals surface area contributed by atoms with Crippen LogP contribution >= 0.6 is 12.2 Å². The molecule has 6 heteroatoms. The number of aryl methyl sites for hydroxylation is 3. The minimum absolute atomic E-state index is 0.0688. The molecule has 172 valence electrons. The average molecular weight is 469 g/mol. The number of benzene rings is 2. The first-order valence-electron chi connectivity index (χ1n) is 11.4. The van der Waals surface area contributed by atoms with Crippen LogP contribution in [0.1, 0.15) is 45.9 Å². The second kappa shape index (κ2) is 8.61. The predicted octanol–water partition coefficient (Wildman–Crippen LogP) is 5.99. The van der Waals surface area contributed by atoms with Gasteiger partial charge in [-0.15, -0.1) is 0 Å². The maximum Gasteiger partial charge on any atom is 0.174 e. The number of rotatable bonds is 4. The van der Waals surface area contributed by atoms with Gasteiger partial charge in [0.1, 0.15) is 5.75 Å². The van der Waals surface area contributed by atoms with E-state index >= 15 is 0 Å². The molecule has 1 aliphatic rings. The van der Waals surface area contributed by atoms with Crippen LogP contribution in [0.4, 0.5) is 5.69 Å². The minimum Gasteiger partial charge on any atom is -0.508 e. The Hall–Kier alpha value is -3.64. The molecule has 0 aliphatic carbocycles. The highest BCUT2D eigenvalue weighted by molar-refractivity contribution is 7.80. The highest BCUT2D eigenvalue weighted by atomic mass is 32.1. The average Bonchev–Trinajstić information content (AvgIpc) is 3.30. The Balaban J connectivity index is 1.69. The molecule has 1 aliphatic heterocycles. The third kappa shape index (κ3) is 3.84. The van der Waals surface area contributed by atoms with Crippen molar-refractivity contribution in [2.24, 2.45) is 0 Å². The van der Waals surface area contributed by atoms with E-state index in [0.29, 0.717) is 5.11 Å². The number of pyridine rings is 1. The van der Waals surface area contributed by atoms with Crippen LogP contribution in [0, 0.1) is 27.7 Å². The van der Waals surface area contributed by atoms with Gasteiger partial charge in [-0.25, -0.2) is 0 Å². The molecule has 3 heterocycles. The fourth-order valence-corrected chi connectivity index (χ4v) is 5.47. The number of anilines is 1. The number of thiocarbonyl (C=S) groups is 1. The quantitative estimate of drug-likeness (QED) is 0.361. The highest BCUT2D eigenvalue weighted by Crippen LogP contribution is 2.44. The van der Waals surface area contributed by atoms with Crippen molar-refractivity contribution in [2.75, 3.05) is 4.90 Å². The SMILES string of the molecule is Cc1cc(C)cc(N2C(=S)NC(c3ccccn3)C2c2cc(C)n(-c3ccc(O)cc3)c2C)c1. The number of aromatic nitrogens is 2. The van der Waals surface area contributed by atoms with Crippen LogP contribution in [0.3, 0.4) is 0 Å². The van der Waals surface area contributed by atoms with Crippen LogP contribution in [0.25, 0.3) is 5.69 Å². The summed E-state index contributed by atoms with van der Waals surface area (Å²) >= 11 is 5.91. The van der Waals surface area contributed by atoms with Crippen molar-refractivity contribution in [1.29, 1.82) is 0 Å². The number of hydrogen-bond acceptors (Lipinski definition) is 3. The van der Waals surface area contributed by atoms with Gasteiger partial charge in [-0.2, -0.15) is 0 Å². The van der Waals surface area contributed by atoms with E-state index in [2.05, 4.69) is 77.8 Å². The molecule has 0 saturated carbocycles. The summed E-state index contributed by atoms with van der Waals surface area (Å²) in [7, 11) is 0. The molecule has 4 aromatic rings. The van der Waals surface area contributed by atoms with Crippen LogP contribution in [0.15, 0.2) is 72.9 Å². The van der Waals surface area contributed by atoms with Gasteiger partial charge < -0.3 is 19.9 Å². The van der Waals surface area contributed by atoms with Crippen molar-refractivity contribution < 1.29 is 5.11 Å². The Morgan fingerprint density at radius 3 is 2.24 bits per heavy atom. The molecular formula is C28H28N4OS. The molecule has 2 aromatic carbocycles. The summed E-state index contributed by atoms with van der Waals surface area (Å²) in [6.45, 7) is 8.49. The van der Waals surface area contributed by atoms with Gasteiger partial charge >= 0.3 is 0 Å². The molecule has 2 aromatic heterocycles. The fraction of sp³-hybridized carbons (Fsp3) is 0.214. The lowest BCUT2D eigenvalue weighted by Gasteiger charge is -2.29. The smallest absolute Gasteiger partial charge is 0.174 e. The monoisotopic (exact) mass is 468 g/mol. The Kier molecular flexibility index (Phi) is 5.62. The normalized spacial score (nSPS) is 17.8. The fourth-order valence-electron chi connectivity index (χ4n) is 5.12. The number of nitrogens with zero attached hydrogens (tertiary/aromatic N) is 3. The second-order valence-electron chi connectivity index (χ2n) is 9.02. The molecule has 34 heavy (non-hydrogen) atoms. The maximum absolute atomic E-state index is 9.77. The van der Waals surface area contributed by atoms with E-state index in [-0.39, 0.29) is 17.8 Å². The summed E-state index contributed by atoms with van der Waals surface area (Å²) in [6, 6.07) is 22.0. The molecule has 5 rings (SSSR count). The van der Waals surface area contributed by atoms with Gasteiger partial charge in [0, 0.05) is 29.0 Å². The summed E-state index contributed by atoms with van der Waals surface area (Å²) in [5.41, 5.74) is 8.89. The summed E-state index contributed by atoms with van der Waals surface area (Å²) in [5, 5.41) is 14.0. The largest absolute Gasteiger partial charge is 0.508 e. The van der Waals surface area contributed by atoms with Crippen molar-refractivity contribution in [3.8, 4) is 11.4 Å². The number of hydrogen-bond donors (Lipinski definition) is 2. The van der Waals surface area contributed by atoms with Gasteiger partial charge in [-0.3, -0.25) is 4.98 Å². The first kappa shape index (κ1) is 22.2. The Morgan fingerprint density at radius 2 is 1.59 bits per heavy atom. The summed E-state index contributed by atoms with van der Waals surface area (Å²) in [6.07, 6.45) is 1.83. The molecule has 1 fully saturated rings. The Bertz CT molecular complexity index is 1340. The van der Waals surface area contributed by atoms with E-state index in [1.807, 2.05) is 30.5 Å². The number of aromatic hydroxyl groups is 1. The van der Waals surface area contributed by atoms with Crippen molar-refractivity contribution in [2.45, 2.75) is 39.8 Å². The Morgan fingerprint density at radius 1 is 0.882 bits per heavy atom. The lowest BCUT2D eigenvalue weighted by Crippen LogP contribution is -2.29. The van der Waals surface area contributed by atoms with Crippen LogP contribution in [-0.4, -0.2) is 19.8 Å². The van der Waals surface area contributed by atoms with Gasteiger partial charge in [0.25, 0.3) is 0 Å². The van der Waals surface area contributed by atoms with Crippen LogP contribution in [-0.2, 0) is 0 Å². The first-order valence-corrected chi connectivity index (χ1v) is 11.8. The van der Waals surface area contributed by atoms with Crippen LogP contribution in [0.5, 0.6) is 5.75 Å². The summed E-state index contributed by atoms with van der Waals surface area (Å²) < 4.78 is 2.23. The Labute approximate surface area is 205 Å². The van der Waals surface area contributed by atoms with Crippen LogP contribution < -0.4 is 10.2 Å². The van der Waals surface area contributed by atoms with Gasteiger partial charge in [0.15, 0.2) is 5.11 Å². The lowest BCUT2D eigenvalue weighted by atomic mass is 9.96. The van der Waals surface area contributed by atoms with Crippen molar-refractivity contribution >= 4 is 23.0 Å². The number of phenols is 1. The van der Waals surface area contributed by atoms with E-state index in [4.69, 9.17) is 12.2 Å².